The summed E-state index contributed by atoms with van der Waals surface area (Å²) in [4.78, 5) is 11.6. The molecule has 1 aromatic carbocycles. The van der Waals surface area contributed by atoms with Gasteiger partial charge < -0.3 is 11.1 Å². The first kappa shape index (κ1) is 15.3. The van der Waals surface area contributed by atoms with E-state index >= 15 is 0 Å². The maximum absolute atomic E-state index is 11.6. The summed E-state index contributed by atoms with van der Waals surface area (Å²) in [6, 6.07) is 4.93. The average Bonchev–Trinajstić information content (AvgIpc) is 2.32. The Labute approximate surface area is 118 Å². The molecule has 3 N–H and O–H groups in total. The standard InChI is InChI=1S/C13H18Cl2N2O/c1-2-3-12(16)13(18)17-7-6-9-4-5-10(14)8-11(9)15/h4-5,8,12H,2-3,6-7,16H2,1H3,(H,17,18). The van der Waals surface area contributed by atoms with Crippen LogP contribution in [0.25, 0.3) is 0 Å². The van der Waals surface area contributed by atoms with Crippen molar-refractivity contribution in [2.24, 2.45) is 5.73 Å². The third kappa shape index (κ3) is 4.84. The number of nitrogens with one attached hydrogen (secondary N) is 1. The van der Waals surface area contributed by atoms with Gasteiger partial charge in [0.15, 0.2) is 0 Å². The zero-order valence-electron chi connectivity index (χ0n) is 10.4. The Bertz CT molecular complexity index is 410. The van der Waals surface area contributed by atoms with Crippen LogP contribution in [-0.2, 0) is 11.2 Å². The molecule has 1 aromatic rings. The smallest absolute Gasteiger partial charge is 0.236 e. The third-order valence-electron chi connectivity index (χ3n) is 2.65. The van der Waals surface area contributed by atoms with Crippen molar-refractivity contribution in [1.29, 1.82) is 0 Å². The summed E-state index contributed by atoms with van der Waals surface area (Å²) < 4.78 is 0. The highest BCUT2D eigenvalue weighted by atomic mass is 35.5. The Morgan fingerprint density at radius 1 is 1.44 bits per heavy atom. The van der Waals surface area contributed by atoms with Crippen LogP contribution in [0.3, 0.4) is 0 Å². The first-order valence-corrected chi connectivity index (χ1v) is 6.77. The minimum absolute atomic E-state index is 0.109. The molecule has 0 aromatic heterocycles. The van der Waals surface area contributed by atoms with Crippen molar-refractivity contribution >= 4 is 29.1 Å². The van der Waals surface area contributed by atoms with Gasteiger partial charge in [-0.3, -0.25) is 4.79 Å². The highest BCUT2D eigenvalue weighted by Gasteiger charge is 2.11. The SMILES string of the molecule is CCCC(N)C(=O)NCCc1ccc(Cl)cc1Cl. The Morgan fingerprint density at radius 3 is 2.78 bits per heavy atom. The molecule has 0 aliphatic carbocycles. The zero-order valence-corrected chi connectivity index (χ0v) is 11.9. The molecule has 0 saturated heterocycles. The second-order valence-corrected chi connectivity index (χ2v) is 5.02. The fourth-order valence-electron chi connectivity index (χ4n) is 1.62. The number of nitrogens with two attached hydrogens (primary N) is 1. The van der Waals surface area contributed by atoms with Crippen LogP contribution < -0.4 is 11.1 Å². The minimum atomic E-state index is -0.421. The summed E-state index contributed by atoms with van der Waals surface area (Å²) in [5, 5.41) is 4.03. The van der Waals surface area contributed by atoms with Gasteiger partial charge >= 0.3 is 0 Å². The molecule has 18 heavy (non-hydrogen) atoms. The topological polar surface area (TPSA) is 55.1 Å². The summed E-state index contributed by atoms with van der Waals surface area (Å²) >= 11 is 11.8. The second kappa shape index (κ2) is 7.62. The van der Waals surface area contributed by atoms with Gasteiger partial charge in [-0.1, -0.05) is 42.6 Å². The number of halogens is 2. The van der Waals surface area contributed by atoms with Crippen molar-refractivity contribution in [2.45, 2.75) is 32.2 Å². The van der Waals surface area contributed by atoms with Gasteiger partial charge in [0.05, 0.1) is 6.04 Å². The van der Waals surface area contributed by atoms with Gasteiger partial charge in [-0.15, -0.1) is 0 Å². The molecule has 0 aliphatic heterocycles. The molecular formula is C13H18Cl2N2O. The molecule has 1 unspecified atom stereocenters. The van der Waals surface area contributed by atoms with Gasteiger partial charge in [-0.05, 0) is 30.5 Å². The van der Waals surface area contributed by atoms with Crippen LogP contribution in [0, 0.1) is 0 Å². The second-order valence-electron chi connectivity index (χ2n) is 4.17. The van der Waals surface area contributed by atoms with Gasteiger partial charge in [0, 0.05) is 16.6 Å². The lowest BCUT2D eigenvalue weighted by Crippen LogP contribution is -2.41. The first-order chi connectivity index (χ1) is 8.54. The molecule has 3 nitrogen and oxygen atoms in total. The number of rotatable bonds is 6. The predicted molar refractivity (Wildman–Crippen MR) is 76.1 cm³/mol. The van der Waals surface area contributed by atoms with Crippen molar-refractivity contribution in [2.75, 3.05) is 6.54 Å². The number of carbonyl (C=O) groups is 1. The molecule has 1 atom stereocenters. The molecule has 5 heteroatoms. The number of carbonyl (C=O) groups excluding carboxylic acids is 1. The molecule has 0 aliphatic rings. The quantitative estimate of drug-likeness (QED) is 0.846. The van der Waals surface area contributed by atoms with E-state index in [9.17, 15) is 4.79 Å². The summed E-state index contributed by atoms with van der Waals surface area (Å²) in [5.41, 5.74) is 6.66. The normalized spacial score (nSPS) is 12.2. The minimum Gasteiger partial charge on any atom is -0.354 e. The van der Waals surface area contributed by atoms with Gasteiger partial charge in [0.1, 0.15) is 0 Å². The van der Waals surface area contributed by atoms with Crippen molar-refractivity contribution < 1.29 is 4.79 Å². The van der Waals surface area contributed by atoms with Gasteiger partial charge in [-0.25, -0.2) is 0 Å². The summed E-state index contributed by atoms with van der Waals surface area (Å²) in [7, 11) is 0. The highest BCUT2D eigenvalue weighted by Crippen LogP contribution is 2.20. The average molecular weight is 289 g/mol. The van der Waals surface area contributed by atoms with Crippen molar-refractivity contribution in [3.63, 3.8) is 0 Å². The zero-order chi connectivity index (χ0) is 13.5. The molecule has 1 amide bonds. The van der Waals surface area contributed by atoms with Crippen molar-refractivity contribution in [3.05, 3.63) is 33.8 Å². The van der Waals surface area contributed by atoms with Crippen LogP contribution in [0.5, 0.6) is 0 Å². The Kier molecular flexibility index (Phi) is 6.47. The molecular weight excluding hydrogens is 271 g/mol. The number of amides is 1. The van der Waals surface area contributed by atoms with Crippen LogP contribution >= 0.6 is 23.2 Å². The van der Waals surface area contributed by atoms with E-state index in [2.05, 4.69) is 5.32 Å². The number of hydrogen-bond acceptors (Lipinski definition) is 2. The van der Waals surface area contributed by atoms with E-state index in [0.29, 0.717) is 29.4 Å². The van der Waals surface area contributed by atoms with Crippen molar-refractivity contribution in [3.8, 4) is 0 Å². The summed E-state index contributed by atoms with van der Waals surface area (Å²) in [6.07, 6.45) is 2.27. The van der Waals surface area contributed by atoms with Crippen LogP contribution in [0.15, 0.2) is 18.2 Å². The predicted octanol–water partition coefficient (Wildman–Crippen LogP) is 2.78. The summed E-state index contributed by atoms with van der Waals surface area (Å²) in [5.74, 6) is -0.109. The van der Waals surface area contributed by atoms with Crippen LogP contribution in [0.2, 0.25) is 10.0 Å². The Morgan fingerprint density at radius 2 is 2.17 bits per heavy atom. The Balaban J connectivity index is 2.39. The van der Waals surface area contributed by atoms with E-state index in [-0.39, 0.29) is 5.91 Å². The lowest BCUT2D eigenvalue weighted by atomic mass is 10.1. The maximum Gasteiger partial charge on any atom is 0.236 e. The van der Waals surface area contributed by atoms with Crippen molar-refractivity contribution in [1.82, 2.24) is 5.32 Å². The van der Waals surface area contributed by atoms with E-state index in [1.165, 1.54) is 0 Å². The van der Waals surface area contributed by atoms with Crippen LogP contribution in [-0.4, -0.2) is 18.5 Å². The van der Waals surface area contributed by atoms with Crippen LogP contribution in [0.4, 0.5) is 0 Å². The third-order valence-corrected chi connectivity index (χ3v) is 3.23. The van der Waals surface area contributed by atoms with Crippen LogP contribution in [0.1, 0.15) is 25.3 Å². The fourth-order valence-corrected chi connectivity index (χ4v) is 2.12. The molecule has 100 valence electrons. The van der Waals surface area contributed by atoms with Gasteiger partial charge in [0.2, 0.25) is 5.91 Å². The van der Waals surface area contributed by atoms with E-state index in [0.717, 1.165) is 12.0 Å². The van der Waals surface area contributed by atoms with Gasteiger partial charge in [-0.2, -0.15) is 0 Å². The van der Waals surface area contributed by atoms with E-state index in [1.807, 2.05) is 13.0 Å². The monoisotopic (exact) mass is 288 g/mol. The number of hydrogen-bond donors (Lipinski definition) is 2. The van der Waals surface area contributed by atoms with Gasteiger partial charge in [0.25, 0.3) is 0 Å². The number of benzene rings is 1. The lowest BCUT2D eigenvalue weighted by molar-refractivity contribution is -0.122. The first-order valence-electron chi connectivity index (χ1n) is 6.01. The molecule has 0 spiro atoms. The molecule has 0 radical (unpaired) electrons. The molecule has 1 rings (SSSR count). The van der Waals surface area contributed by atoms with E-state index < -0.39 is 6.04 Å². The molecule has 0 heterocycles. The summed E-state index contributed by atoms with van der Waals surface area (Å²) in [6.45, 7) is 2.53. The van der Waals surface area contributed by atoms with E-state index in [1.54, 1.807) is 12.1 Å². The molecule has 0 bridgehead atoms. The maximum atomic E-state index is 11.6. The Hall–Kier alpha value is -0.770. The largest absolute Gasteiger partial charge is 0.354 e. The molecule has 0 saturated carbocycles. The fraction of sp³-hybridized carbons (Fsp3) is 0.462. The highest BCUT2D eigenvalue weighted by molar-refractivity contribution is 6.35. The lowest BCUT2D eigenvalue weighted by Gasteiger charge is -2.11. The van der Waals surface area contributed by atoms with E-state index in [4.69, 9.17) is 28.9 Å². The molecule has 0 fully saturated rings.